The molecule has 0 bridgehead atoms. The molecule has 0 radical (unpaired) electrons. The maximum atomic E-state index is 13.0. The molecule has 3 aromatic rings. The molecule has 2 aromatic carbocycles. The summed E-state index contributed by atoms with van der Waals surface area (Å²) in [6, 6.07) is 18.0. The summed E-state index contributed by atoms with van der Waals surface area (Å²) < 4.78 is 19.1. The largest absolute Gasteiger partial charge is 0.459 e. The number of rotatable bonds is 4. The van der Waals surface area contributed by atoms with E-state index in [1.807, 2.05) is 36.4 Å². The van der Waals surface area contributed by atoms with Gasteiger partial charge in [-0.2, -0.15) is 0 Å². The Hall–Kier alpha value is -2.64. The van der Waals surface area contributed by atoms with E-state index in [0.717, 1.165) is 22.1 Å². The van der Waals surface area contributed by atoms with Gasteiger partial charge in [-0.25, -0.2) is 0 Å². The molecule has 0 N–H and O–H groups in total. The molecule has 1 spiro atoms. The number of amides is 2. The zero-order valence-corrected chi connectivity index (χ0v) is 19.0. The number of halogens is 1. The number of hydrogen-bond acceptors (Lipinski definition) is 4. The Bertz CT molecular complexity index is 1210. The second-order valence-corrected chi connectivity index (χ2v) is 10.2. The van der Waals surface area contributed by atoms with Crippen LogP contribution in [-0.2, 0) is 26.9 Å². The summed E-state index contributed by atoms with van der Waals surface area (Å²) in [5.41, 5.74) is 0.994. The van der Waals surface area contributed by atoms with Crippen LogP contribution < -0.4 is 0 Å². The van der Waals surface area contributed by atoms with Crippen molar-refractivity contribution in [3.63, 3.8) is 0 Å². The van der Waals surface area contributed by atoms with Gasteiger partial charge >= 0.3 is 0 Å². The summed E-state index contributed by atoms with van der Waals surface area (Å²) in [6.45, 7) is 1.15. The van der Waals surface area contributed by atoms with Crippen molar-refractivity contribution in [2.75, 3.05) is 24.7 Å². The molecule has 2 amide bonds. The third kappa shape index (κ3) is 3.53. The topological polar surface area (TPSA) is 70.8 Å². The molecule has 1 unspecified atom stereocenters. The zero-order valence-electron chi connectivity index (χ0n) is 17.5. The standard InChI is InChI=1S/C24H23ClN2O4S/c25-14-22(28)26-12-10-24(11-13-26)27(23(29)16-32(24)30)15-18-8-9-21(31-18)20-7-3-5-17-4-1-2-6-19(17)20/h1-9H,10-16H2. The van der Waals surface area contributed by atoms with Gasteiger partial charge in [0.2, 0.25) is 11.8 Å². The van der Waals surface area contributed by atoms with Crippen molar-refractivity contribution in [2.45, 2.75) is 24.3 Å². The number of hydrogen-bond donors (Lipinski definition) is 0. The lowest BCUT2D eigenvalue weighted by Crippen LogP contribution is -2.55. The first kappa shape index (κ1) is 21.2. The number of fused-ring (bicyclic) bond motifs is 1. The van der Waals surface area contributed by atoms with Crippen LogP contribution in [0.2, 0.25) is 0 Å². The summed E-state index contributed by atoms with van der Waals surface area (Å²) in [5, 5.41) is 2.23. The minimum absolute atomic E-state index is 0.0142. The van der Waals surface area contributed by atoms with E-state index in [2.05, 4.69) is 18.2 Å². The van der Waals surface area contributed by atoms with E-state index < -0.39 is 15.7 Å². The van der Waals surface area contributed by atoms with Crippen LogP contribution in [0.15, 0.2) is 59.0 Å². The molecule has 1 aromatic heterocycles. The van der Waals surface area contributed by atoms with Crippen molar-refractivity contribution < 1.29 is 18.2 Å². The third-order valence-electron chi connectivity index (χ3n) is 6.51. The fraction of sp³-hybridized carbons (Fsp3) is 0.333. The molecule has 5 rings (SSSR count). The first-order valence-corrected chi connectivity index (χ1v) is 12.5. The van der Waals surface area contributed by atoms with Gasteiger partial charge in [-0.3, -0.25) is 13.8 Å². The number of carbonyl (C=O) groups is 2. The summed E-state index contributed by atoms with van der Waals surface area (Å²) >= 11 is 5.69. The average molecular weight is 471 g/mol. The molecule has 166 valence electrons. The first-order valence-electron chi connectivity index (χ1n) is 10.6. The lowest BCUT2D eigenvalue weighted by molar-refractivity contribution is -0.134. The number of nitrogens with zero attached hydrogens (tertiary/aromatic N) is 2. The quantitative estimate of drug-likeness (QED) is 0.544. The van der Waals surface area contributed by atoms with Gasteiger partial charge in [-0.15, -0.1) is 11.6 Å². The second kappa shape index (κ2) is 8.37. The second-order valence-electron chi connectivity index (χ2n) is 8.22. The van der Waals surface area contributed by atoms with E-state index in [0.29, 0.717) is 31.7 Å². The SMILES string of the molecule is O=C(CCl)N1CCC2(CC1)N(Cc1ccc(-c3cccc4ccccc34)o1)C(=O)CS2=O. The highest BCUT2D eigenvalue weighted by molar-refractivity contribution is 7.87. The summed E-state index contributed by atoms with van der Waals surface area (Å²) in [6.07, 6.45) is 0.954. The van der Waals surface area contributed by atoms with Crippen LogP contribution in [0.3, 0.4) is 0 Å². The maximum absolute atomic E-state index is 13.0. The molecule has 2 aliphatic heterocycles. The Kier molecular flexibility index (Phi) is 5.55. The van der Waals surface area contributed by atoms with Crippen LogP contribution in [0, 0.1) is 0 Å². The van der Waals surface area contributed by atoms with Gasteiger partial charge in [-0.05, 0) is 22.9 Å². The lowest BCUT2D eigenvalue weighted by Gasteiger charge is -2.43. The van der Waals surface area contributed by atoms with E-state index in [9.17, 15) is 13.8 Å². The molecule has 2 saturated heterocycles. The van der Waals surface area contributed by atoms with Crippen molar-refractivity contribution >= 4 is 45.0 Å². The smallest absolute Gasteiger partial charge is 0.237 e. The minimum atomic E-state index is -1.32. The normalized spacial score (nSPS) is 20.4. The monoisotopic (exact) mass is 470 g/mol. The first-order chi connectivity index (χ1) is 15.5. The zero-order chi connectivity index (χ0) is 22.3. The van der Waals surface area contributed by atoms with Gasteiger partial charge in [0.05, 0.1) is 17.3 Å². The van der Waals surface area contributed by atoms with Crippen LogP contribution in [0.4, 0.5) is 0 Å². The Morgan fingerprint density at radius 3 is 2.59 bits per heavy atom. The number of carbonyl (C=O) groups excluding carboxylic acids is 2. The molecule has 2 fully saturated rings. The number of benzene rings is 2. The van der Waals surface area contributed by atoms with E-state index in [4.69, 9.17) is 16.0 Å². The number of furan rings is 1. The van der Waals surface area contributed by atoms with Gasteiger partial charge in [0.15, 0.2) is 0 Å². The van der Waals surface area contributed by atoms with Gasteiger partial charge in [0, 0.05) is 31.5 Å². The molecule has 2 aliphatic rings. The van der Waals surface area contributed by atoms with E-state index in [1.165, 1.54) is 0 Å². The van der Waals surface area contributed by atoms with Crippen LogP contribution >= 0.6 is 11.6 Å². The summed E-state index contributed by atoms with van der Waals surface area (Å²) in [4.78, 5) is 27.3. The van der Waals surface area contributed by atoms with E-state index in [1.54, 1.807) is 9.80 Å². The molecule has 3 heterocycles. The fourth-order valence-electron chi connectivity index (χ4n) is 4.80. The van der Waals surface area contributed by atoms with Gasteiger partial charge < -0.3 is 14.2 Å². The molecule has 8 heteroatoms. The van der Waals surface area contributed by atoms with Crippen LogP contribution in [-0.4, -0.2) is 55.4 Å². The maximum Gasteiger partial charge on any atom is 0.237 e. The van der Waals surface area contributed by atoms with E-state index >= 15 is 0 Å². The highest BCUT2D eigenvalue weighted by atomic mass is 35.5. The highest BCUT2D eigenvalue weighted by Crippen LogP contribution is 2.39. The van der Waals surface area contributed by atoms with Crippen molar-refractivity contribution in [1.29, 1.82) is 0 Å². The summed E-state index contributed by atoms with van der Waals surface area (Å²) in [7, 11) is -1.32. The third-order valence-corrected chi connectivity index (χ3v) is 8.73. The van der Waals surface area contributed by atoms with Gasteiger partial charge in [-0.1, -0.05) is 42.5 Å². The molecule has 1 atom stereocenters. The fourth-order valence-corrected chi connectivity index (χ4v) is 6.67. The Labute approximate surface area is 193 Å². The molecule has 0 saturated carbocycles. The molecule has 0 aliphatic carbocycles. The number of alkyl halides is 1. The van der Waals surface area contributed by atoms with Crippen molar-refractivity contribution in [3.05, 3.63) is 60.4 Å². The number of likely N-dealkylation sites (tertiary alicyclic amines) is 1. The highest BCUT2D eigenvalue weighted by Gasteiger charge is 2.53. The number of piperidine rings is 1. The van der Waals surface area contributed by atoms with Crippen molar-refractivity contribution in [1.82, 2.24) is 9.80 Å². The van der Waals surface area contributed by atoms with Gasteiger partial charge in [0.25, 0.3) is 0 Å². The average Bonchev–Trinajstić information content (AvgIpc) is 3.37. The van der Waals surface area contributed by atoms with Crippen molar-refractivity contribution in [2.24, 2.45) is 0 Å². The lowest BCUT2D eigenvalue weighted by atomic mass is 10.0. The Morgan fingerprint density at radius 1 is 1.06 bits per heavy atom. The van der Waals surface area contributed by atoms with Crippen LogP contribution in [0.1, 0.15) is 18.6 Å². The molecule has 6 nitrogen and oxygen atoms in total. The summed E-state index contributed by atoms with van der Waals surface area (Å²) in [5.74, 6) is 1.07. The molecular formula is C24H23ClN2O4S. The Balaban J connectivity index is 1.40. The Morgan fingerprint density at radius 2 is 1.81 bits per heavy atom. The van der Waals surface area contributed by atoms with Crippen LogP contribution in [0.5, 0.6) is 0 Å². The van der Waals surface area contributed by atoms with Crippen molar-refractivity contribution in [3.8, 4) is 11.3 Å². The predicted molar refractivity (Wildman–Crippen MR) is 124 cm³/mol. The van der Waals surface area contributed by atoms with Gasteiger partial charge in [0.1, 0.15) is 28.0 Å². The molecule has 32 heavy (non-hydrogen) atoms. The predicted octanol–water partition coefficient (Wildman–Crippen LogP) is 3.75. The van der Waals surface area contributed by atoms with E-state index in [-0.39, 0.29) is 30.0 Å². The van der Waals surface area contributed by atoms with Crippen LogP contribution in [0.25, 0.3) is 22.1 Å². The molecular weight excluding hydrogens is 448 g/mol. The minimum Gasteiger partial charge on any atom is -0.459 e.